The fourth-order valence-electron chi connectivity index (χ4n) is 3.36. The molecule has 2 N–H and O–H groups in total. The number of aromatic hydroxyl groups is 1. The summed E-state index contributed by atoms with van der Waals surface area (Å²) in [6, 6.07) is 10.8. The molecule has 0 amide bonds. The molecule has 0 bridgehead atoms. The van der Waals surface area contributed by atoms with E-state index in [0.29, 0.717) is 21.0 Å². The minimum absolute atomic E-state index is 0.121. The summed E-state index contributed by atoms with van der Waals surface area (Å²) in [5, 5.41) is 13.5. The first-order valence-corrected chi connectivity index (χ1v) is 9.52. The molecule has 0 radical (unpaired) electrons. The van der Waals surface area contributed by atoms with Crippen LogP contribution in [0.15, 0.2) is 46.6 Å². The maximum atomic E-state index is 14.5. The van der Waals surface area contributed by atoms with E-state index in [1.807, 2.05) is 38.4 Å². The molecule has 0 aliphatic heterocycles. The SMILES string of the molecule is CN(C)CCc1ccc(-c2c(O)cc(F)c3[nH]c(=O)c4sccc4c23)cc1. The zero-order valence-electron chi connectivity index (χ0n) is 15.0. The molecule has 0 saturated carbocycles. The van der Waals surface area contributed by atoms with Gasteiger partial charge in [0, 0.05) is 28.9 Å². The summed E-state index contributed by atoms with van der Waals surface area (Å²) in [4.78, 5) is 17.0. The van der Waals surface area contributed by atoms with Gasteiger partial charge >= 0.3 is 0 Å². The molecule has 4 rings (SSSR count). The summed E-state index contributed by atoms with van der Waals surface area (Å²) in [7, 11) is 4.06. The van der Waals surface area contributed by atoms with Gasteiger partial charge in [-0.15, -0.1) is 11.3 Å². The number of likely N-dealkylation sites (N-methyl/N-ethyl adjacent to an activating group) is 1. The van der Waals surface area contributed by atoms with Gasteiger partial charge in [0.25, 0.3) is 5.56 Å². The molecule has 0 saturated heterocycles. The number of H-pyrrole nitrogens is 1. The largest absolute Gasteiger partial charge is 0.507 e. The predicted molar refractivity (Wildman–Crippen MR) is 109 cm³/mol. The number of pyridine rings is 1. The van der Waals surface area contributed by atoms with Crippen molar-refractivity contribution in [1.29, 1.82) is 0 Å². The highest BCUT2D eigenvalue weighted by molar-refractivity contribution is 7.17. The van der Waals surface area contributed by atoms with Crippen molar-refractivity contribution in [2.75, 3.05) is 20.6 Å². The predicted octanol–water partition coefficient (Wildman–Crippen LogP) is 4.36. The average Bonchev–Trinajstić information content (AvgIpc) is 3.12. The van der Waals surface area contributed by atoms with Crippen LogP contribution in [0.4, 0.5) is 4.39 Å². The molecular formula is C21H19FN2O2S. The van der Waals surface area contributed by atoms with Gasteiger partial charge in [-0.2, -0.15) is 0 Å². The van der Waals surface area contributed by atoms with Crippen molar-refractivity contribution in [3.05, 3.63) is 63.5 Å². The van der Waals surface area contributed by atoms with Gasteiger partial charge in [-0.05, 0) is 43.1 Å². The van der Waals surface area contributed by atoms with Crippen molar-refractivity contribution in [3.8, 4) is 16.9 Å². The van der Waals surface area contributed by atoms with Crippen LogP contribution in [0.5, 0.6) is 5.75 Å². The smallest absolute Gasteiger partial charge is 0.266 e. The van der Waals surface area contributed by atoms with E-state index in [0.717, 1.165) is 24.6 Å². The number of rotatable bonds is 4. The van der Waals surface area contributed by atoms with E-state index in [4.69, 9.17) is 0 Å². The van der Waals surface area contributed by atoms with Crippen molar-refractivity contribution < 1.29 is 9.50 Å². The lowest BCUT2D eigenvalue weighted by atomic mass is 9.96. The Bertz CT molecular complexity index is 1190. The van der Waals surface area contributed by atoms with Gasteiger partial charge < -0.3 is 15.0 Å². The molecule has 138 valence electrons. The number of phenols is 1. The third-order valence-corrected chi connectivity index (χ3v) is 5.64. The summed E-state index contributed by atoms with van der Waals surface area (Å²) < 4.78 is 15.0. The van der Waals surface area contributed by atoms with E-state index in [1.54, 1.807) is 11.4 Å². The van der Waals surface area contributed by atoms with Gasteiger partial charge in [-0.1, -0.05) is 24.3 Å². The molecular weight excluding hydrogens is 363 g/mol. The normalized spacial score (nSPS) is 11.7. The van der Waals surface area contributed by atoms with E-state index >= 15 is 0 Å². The number of fused-ring (bicyclic) bond motifs is 3. The molecule has 0 atom stereocenters. The lowest BCUT2D eigenvalue weighted by Crippen LogP contribution is -2.14. The van der Waals surface area contributed by atoms with Gasteiger partial charge in [-0.3, -0.25) is 4.79 Å². The van der Waals surface area contributed by atoms with Crippen molar-refractivity contribution in [2.24, 2.45) is 0 Å². The van der Waals surface area contributed by atoms with Crippen molar-refractivity contribution in [3.63, 3.8) is 0 Å². The quantitative estimate of drug-likeness (QED) is 0.551. The molecule has 0 spiro atoms. The Hall–Kier alpha value is -2.70. The van der Waals surface area contributed by atoms with Gasteiger partial charge in [0.1, 0.15) is 10.4 Å². The summed E-state index contributed by atoms with van der Waals surface area (Å²) in [5.41, 5.74) is 2.31. The second-order valence-corrected chi connectivity index (χ2v) is 7.79. The third-order valence-electron chi connectivity index (χ3n) is 4.73. The number of aromatic amines is 1. The summed E-state index contributed by atoms with van der Waals surface area (Å²) in [5.74, 6) is -0.778. The van der Waals surface area contributed by atoms with Gasteiger partial charge in [0.15, 0.2) is 5.82 Å². The fraction of sp³-hybridized carbons (Fsp3) is 0.190. The number of hydrogen-bond donors (Lipinski definition) is 2. The minimum Gasteiger partial charge on any atom is -0.507 e. The zero-order valence-corrected chi connectivity index (χ0v) is 15.9. The van der Waals surface area contributed by atoms with Crippen LogP contribution in [0.25, 0.3) is 32.1 Å². The van der Waals surface area contributed by atoms with E-state index in [9.17, 15) is 14.3 Å². The van der Waals surface area contributed by atoms with Gasteiger partial charge in [-0.25, -0.2) is 4.39 Å². The van der Waals surface area contributed by atoms with E-state index in [1.165, 1.54) is 16.9 Å². The standard InChI is InChI=1S/C21H19FN2O2S/c1-24(2)9-7-12-3-5-13(6-4-12)17-16(25)11-15(22)19-18(17)14-8-10-27-20(14)21(26)23-19/h3-6,8,10-11,25H,7,9H2,1-2H3,(H,23,26). The van der Waals surface area contributed by atoms with Crippen LogP contribution in [0, 0.1) is 5.82 Å². The molecule has 0 fully saturated rings. The Morgan fingerprint density at radius 1 is 1.19 bits per heavy atom. The number of benzene rings is 2. The first-order chi connectivity index (χ1) is 13.0. The highest BCUT2D eigenvalue weighted by Crippen LogP contribution is 2.40. The number of nitrogens with zero attached hydrogens (tertiary/aromatic N) is 1. The second-order valence-electron chi connectivity index (χ2n) is 6.87. The number of halogens is 1. The van der Waals surface area contributed by atoms with Crippen LogP contribution in [-0.2, 0) is 6.42 Å². The number of aromatic nitrogens is 1. The van der Waals surface area contributed by atoms with Crippen LogP contribution >= 0.6 is 11.3 Å². The van der Waals surface area contributed by atoms with Crippen molar-refractivity contribution in [2.45, 2.75) is 6.42 Å². The number of thiophene rings is 1. The van der Waals surface area contributed by atoms with Crippen LogP contribution < -0.4 is 5.56 Å². The maximum Gasteiger partial charge on any atom is 0.266 e. The summed E-state index contributed by atoms with van der Waals surface area (Å²) in [6.45, 7) is 0.945. The molecule has 2 aromatic heterocycles. The van der Waals surface area contributed by atoms with Gasteiger partial charge in [0.05, 0.1) is 5.52 Å². The molecule has 0 aliphatic carbocycles. The maximum absolute atomic E-state index is 14.5. The van der Waals surface area contributed by atoms with Crippen LogP contribution in [0.2, 0.25) is 0 Å². The van der Waals surface area contributed by atoms with Crippen LogP contribution in [0.1, 0.15) is 5.56 Å². The molecule has 2 aromatic carbocycles. The Balaban J connectivity index is 1.94. The Morgan fingerprint density at radius 3 is 2.63 bits per heavy atom. The molecule has 0 unspecified atom stereocenters. The molecule has 27 heavy (non-hydrogen) atoms. The first-order valence-electron chi connectivity index (χ1n) is 8.64. The average molecular weight is 382 g/mol. The molecule has 0 aliphatic rings. The zero-order chi connectivity index (χ0) is 19.1. The Kier molecular flexibility index (Phi) is 4.45. The van der Waals surface area contributed by atoms with E-state index in [2.05, 4.69) is 9.88 Å². The highest BCUT2D eigenvalue weighted by Gasteiger charge is 2.18. The summed E-state index contributed by atoms with van der Waals surface area (Å²) in [6.07, 6.45) is 0.922. The van der Waals surface area contributed by atoms with Crippen molar-refractivity contribution >= 4 is 32.3 Å². The Labute approximate surface area is 159 Å². The second kappa shape index (κ2) is 6.79. The monoisotopic (exact) mass is 382 g/mol. The van der Waals surface area contributed by atoms with E-state index < -0.39 is 5.82 Å². The summed E-state index contributed by atoms with van der Waals surface area (Å²) >= 11 is 1.30. The topological polar surface area (TPSA) is 56.3 Å². The van der Waals surface area contributed by atoms with E-state index in [-0.39, 0.29) is 16.8 Å². The Morgan fingerprint density at radius 2 is 1.93 bits per heavy atom. The minimum atomic E-state index is -0.640. The van der Waals surface area contributed by atoms with Crippen molar-refractivity contribution in [1.82, 2.24) is 9.88 Å². The molecule has 4 aromatic rings. The lowest BCUT2D eigenvalue weighted by molar-refractivity contribution is 0.413. The van der Waals surface area contributed by atoms with Crippen LogP contribution in [0.3, 0.4) is 0 Å². The number of nitrogens with one attached hydrogen (secondary N) is 1. The van der Waals surface area contributed by atoms with Crippen LogP contribution in [-0.4, -0.2) is 35.6 Å². The first kappa shape index (κ1) is 17.7. The van der Waals surface area contributed by atoms with Gasteiger partial charge in [0.2, 0.25) is 0 Å². The highest BCUT2D eigenvalue weighted by atomic mass is 32.1. The molecule has 2 heterocycles. The number of phenolic OH excluding ortho intramolecular Hbond substituents is 1. The molecule has 4 nitrogen and oxygen atoms in total. The lowest BCUT2D eigenvalue weighted by Gasteiger charge is -2.13. The number of hydrogen-bond acceptors (Lipinski definition) is 4. The fourth-order valence-corrected chi connectivity index (χ4v) is 4.16. The third kappa shape index (κ3) is 3.11. The molecule has 6 heteroatoms.